The zero-order valence-electron chi connectivity index (χ0n) is 9.93. The van der Waals surface area contributed by atoms with Gasteiger partial charge in [-0.05, 0) is 24.3 Å². The minimum absolute atomic E-state index is 0.192. The quantitative estimate of drug-likeness (QED) is 0.468. The molecule has 0 bridgehead atoms. The molecule has 0 spiro atoms. The molecule has 5 heteroatoms. The molecule has 96 valence electrons. The first-order chi connectivity index (χ1) is 9.24. The van der Waals surface area contributed by atoms with Gasteiger partial charge in [0.2, 0.25) is 0 Å². The van der Waals surface area contributed by atoms with Crippen LogP contribution in [0.2, 0.25) is 0 Å². The standard InChI is InChI=1S/C14H11NO4/c16-15(17)11-14(18-12-7-3-1-4-8-12)19-13-9-5-2-6-10-13/h1-11H. The molecule has 0 saturated carbocycles. The molecular formula is C14H11NO4. The van der Waals surface area contributed by atoms with Crippen LogP contribution < -0.4 is 9.47 Å². The highest BCUT2D eigenvalue weighted by atomic mass is 16.7. The van der Waals surface area contributed by atoms with Gasteiger partial charge in [0.05, 0.1) is 4.92 Å². The molecule has 0 radical (unpaired) electrons. The smallest absolute Gasteiger partial charge is 0.363 e. The average Bonchev–Trinajstić information content (AvgIpc) is 2.40. The van der Waals surface area contributed by atoms with E-state index in [0.717, 1.165) is 0 Å². The lowest BCUT2D eigenvalue weighted by Gasteiger charge is -2.08. The van der Waals surface area contributed by atoms with Crippen LogP contribution >= 0.6 is 0 Å². The maximum absolute atomic E-state index is 10.6. The summed E-state index contributed by atoms with van der Waals surface area (Å²) in [7, 11) is 0. The van der Waals surface area contributed by atoms with Crippen molar-refractivity contribution in [2.45, 2.75) is 0 Å². The van der Waals surface area contributed by atoms with E-state index in [9.17, 15) is 10.1 Å². The number of hydrogen-bond acceptors (Lipinski definition) is 4. The Kier molecular flexibility index (Phi) is 4.12. The summed E-state index contributed by atoms with van der Waals surface area (Å²) in [5, 5.41) is 10.6. The van der Waals surface area contributed by atoms with E-state index in [0.29, 0.717) is 17.7 Å². The van der Waals surface area contributed by atoms with Gasteiger partial charge in [0.15, 0.2) is 0 Å². The molecule has 0 atom stereocenters. The van der Waals surface area contributed by atoms with E-state index in [4.69, 9.17) is 9.47 Å². The molecule has 0 saturated heterocycles. The fourth-order valence-corrected chi connectivity index (χ4v) is 1.37. The molecule has 19 heavy (non-hydrogen) atoms. The van der Waals surface area contributed by atoms with Crippen LogP contribution in [0.4, 0.5) is 0 Å². The van der Waals surface area contributed by atoms with Crippen LogP contribution in [-0.2, 0) is 0 Å². The largest absolute Gasteiger partial charge is 0.421 e. The Bertz CT molecular complexity index is 523. The van der Waals surface area contributed by atoms with Crippen molar-refractivity contribution < 1.29 is 14.4 Å². The first-order valence-electron chi connectivity index (χ1n) is 5.55. The highest BCUT2D eigenvalue weighted by Gasteiger charge is 2.09. The summed E-state index contributed by atoms with van der Waals surface area (Å²) in [5.74, 6) is 0.737. The van der Waals surface area contributed by atoms with Crippen LogP contribution in [0, 0.1) is 10.1 Å². The van der Waals surface area contributed by atoms with Crippen LogP contribution in [0.1, 0.15) is 0 Å². The van der Waals surface area contributed by atoms with Crippen LogP contribution in [0.5, 0.6) is 11.5 Å². The van der Waals surface area contributed by atoms with Gasteiger partial charge in [-0.15, -0.1) is 0 Å². The number of nitrogens with zero attached hydrogens (tertiary/aromatic N) is 1. The fraction of sp³-hybridized carbons (Fsp3) is 0. The van der Waals surface area contributed by atoms with E-state index in [1.54, 1.807) is 48.5 Å². The van der Waals surface area contributed by atoms with Gasteiger partial charge in [-0.3, -0.25) is 10.1 Å². The minimum atomic E-state index is -0.624. The van der Waals surface area contributed by atoms with Gasteiger partial charge in [-0.25, -0.2) is 0 Å². The number of rotatable bonds is 5. The average molecular weight is 257 g/mol. The van der Waals surface area contributed by atoms with Crippen LogP contribution in [0.3, 0.4) is 0 Å². The molecular weight excluding hydrogens is 246 g/mol. The second kappa shape index (κ2) is 6.20. The fourth-order valence-electron chi connectivity index (χ4n) is 1.37. The Morgan fingerprint density at radius 1 is 0.895 bits per heavy atom. The Morgan fingerprint density at radius 2 is 1.32 bits per heavy atom. The first-order valence-corrected chi connectivity index (χ1v) is 5.55. The SMILES string of the molecule is O=[N+]([O-])C=C(Oc1ccccc1)Oc1ccccc1. The van der Waals surface area contributed by atoms with Gasteiger partial charge >= 0.3 is 12.1 Å². The van der Waals surface area contributed by atoms with E-state index < -0.39 is 4.92 Å². The number of hydrogen-bond donors (Lipinski definition) is 0. The van der Waals surface area contributed by atoms with E-state index >= 15 is 0 Å². The molecule has 0 N–H and O–H groups in total. The van der Waals surface area contributed by atoms with E-state index in [1.165, 1.54) is 0 Å². The number of para-hydroxylation sites is 2. The van der Waals surface area contributed by atoms with Crippen molar-refractivity contribution in [2.75, 3.05) is 0 Å². The van der Waals surface area contributed by atoms with Gasteiger partial charge in [-0.1, -0.05) is 36.4 Å². The predicted octanol–water partition coefficient (Wildman–Crippen LogP) is 3.22. The molecule has 0 amide bonds. The second-order valence-electron chi connectivity index (χ2n) is 3.56. The zero-order valence-corrected chi connectivity index (χ0v) is 9.93. The molecule has 0 unspecified atom stereocenters. The third kappa shape index (κ3) is 4.16. The Balaban J connectivity index is 2.16. The van der Waals surface area contributed by atoms with E-state index in [-0.39, 0.29) is 5.95 Å². The maximum Gasteiger partial charge on any atom is 0.363 e. The maximum atomic E-state index is 10.6. The van der Waals surface area contributed by atoms with Crippen molar-refractivity contribution in [3.8, 4) is 11.5 Å². The van der Waals surface area contributed by atoms with Crippen molar-refractivity contribution >= 4 is 0 Å². The molecule has 5 nitrogen and oxygen atoms in total. The van der Waals surface area contributed by atoms with Crippen molar-refractivity contribution in [2.24, 2.45) is 0 Å². The van der Waals surface area contributed by atoms with E-state index in [2.05, 4.69) is 0 Å². The molecule has 0 aromatic heterocycles. The molecule has 0 aliphatic heterocycles. The Labute approximate surface area is 109 Å². The Morgan fingerprint density at radius 3 is 1.68 bits per heavy atom. The van der Waals surface area contributed by atoms with E-state index in [1.807, 2.05) is 12.1 Å². The molecule has 2 aromatic carbocycles. The van der Waals surface area contributed by atoms with Crippen LogP contribution in [0.25, 0.3) is 0 Å². The highest BCUT2D eigenvalue weighted by molar-refractivity contribution is 5.25. The summed E-state index contributed by atoms with van der Waals surface area (Å²) in [6.07, 6.45) is 0.681. The van der Waals surface area contributed by atoms with Crippen molar-refractivity contribution in [1.82, 2.24) is 0 Å². The second-order valence-corrected chi connectivity index (χ2v) is 3.56. The van der Waals surface area contributed by atoms with Crippen molar-refractivity contribution in [3.05, 3.63) is 82.9 Å². The topological polar surface area (TPSA) is 61.6 Å². The van der Waals surface area contributed by atoms with Crippen LogP contribution in [-0.4, -0.2) is 4.92 Å². The summed E-state index contributed by atoms with van der Waals surface area (Å²) < 4.78 is 10.7. The third-order valence-electron chi connectivity index (χ3n) is 2.13. The van der Waals surface area contributed by atoms with Gasteiger partial charge in [0.1, 0.15) is 11.5 Å². The summed E-state index contributed by atoms with van der Waals surface area (Å²) in [6, 6.07) is 17.4. The highest BCUT2D eigenvalue weighted by Crippen LogP contribution is 2.17. The van der Waals surface area contributed by atoms with Gasteiger partial charge in [0, 0.05) is 0 Å². The van der Waals surface area contributed by atoms with Crippen molar-refractivity contribution in [1.29, 1.82) is 0 Å². The monoisotopic (exact) mass is 257 g/mol. The lowest BCUT2D eigenvalue weighted by atomic mass is 10.3. The lowest BCUT2D eigenvalue weighted by molar-refractivity contribution is -0.406. The number of nitro groups is 1. The van der Waals surface area contributed by atoms with Crippen molar-refractivity contribution in [3.63, 3.8) is 0 Å². The molecule has 0 aliphatic carbocycles. The van der Waals surface area contributed by atoms with Gasteiger partial charge in [-0.2, -0.15) is 0 Å². The van der Waals surface area contributed by atoms with Crippen LogP contribution in [0.15, 0.2) is 72.8 Å². The number of ether oxygens (including phenoxy) is 2. The minimum Gasteiger partial charge on any atom is -0.421 e. The zero-order chi connectivity index (χ0) is 13.5. The summed E-state index contributed by atoms with van der Waals surface area (Å²) in [6.45, 7) is 0. The molecule has 2 aromatic rings. The summed E-state index contributed by atoms with van der Waals surface area (Å²) in [5.41, 5.74) is 0. The normalized spacial score (nSPS) is 9.47. The number of benzene rings is 2. The summed E-state index contributed by atoms with van der Waals surface area (Å²) in [4.78, 5) is 9.94. The molecule has 0 heterocycles. The van der Waals surface area contributed by atoms with Gasteiger partial charge in [0.25, 0.3) is 0 Å². The molecule has 2 rings (SSSR count). The Hall–Kier alpha value is -2.82. The first kappa shape index (κ1) is 12.6. The lowest BCUT2D eigenvalue weighted by Crippen LogP contribution is -2.06. The molecule has 0 fully saturated rings. The summed E-state index contributed by atoms with van der Waals surface area (Å²) >= 11 is 0. The predicted molar refractivity (Wildman–Crippen MR) is 69.2 cm³/mol. The third-order valence-corrected chi connectivity index (χ3v) is 2.13. The van der Waals surface area contributed by atoms with Gasteiger partial charge < -0.3 is 9.47 Å². The molecule has 0 aliphatic rings.